The van der Waals surface area contributed by atoms with Crippen LogP contribution in [0.1, 0.15) is 29.3 Å². The molecule has 0 amide bonds. The molecule has 3 nitrogen and oxygen atoms in total. The van der Waals surface area contributed by atoms with Gasteiger partial charge in [-0.15, -0.1) is 0 Å². The zero-order valence-electron chi connectivity index (χ0n) is 10.2. The number of nitrogens with zero attached hydrogens (tertiary/aromatic N) is 1. The highest BCUT2D eigenvalue weighted by molar-refractivity contribution is 5.68. The predicted octanol–water partition coefficient (Wildman–Crippen LogP) is 2.59. The van der Waals surface area contributed by atoms with E-state index in [0.29, 0.717) is 6.04 Å². The summed E-state index contributed by atoms with van der Waals surface area (Å²) in [5.41, 5.74) is 6.30. The maximum atomic E-state index is 4.50. The molecule has 0 aliphatic heterocycles. The van der Waals surface area contributed by atoms with Gasteiger partial charge >= 0.3 is 0 Å². The van der Waals surface area contributed by atoms with E-state index in [1.54, 1.807) is 0 Å². The van der Waals surface area contributed by atoms with E-state index in [4.69, 9.17) is 0 Å². The molecule has 3 heteroatoms. The van der Waals surface area contributed by atoms with Crippen LogP contribution in [0, 0.1) is 6.92 Å². The molecule has 1 aliphatic rings. The lowest BCUT2D eigenvalue weighted by Gasteiger charge is -2.11. The molecule has 3 rings (SSSR count). The summed E-state index contributed by atoms with van der Waals surface area (Å²) in [7, 11) is 2.02. The van der Waals surface area contributed by atoms with Crippen molar-refractivity contribution in [1.29, 1.82) is 0 Å². The normalized spacial score (nSPS) is 18.4. The Morgan fingerprint density at radius 3 is 2.94 bits per heavy atom. The number of hydrogen-bond donors (Lipinski definition) is 2. The first-order valence-electron chi connectivity index (χ1n) is 6.11. The van der Waals surface area contributed by atoms with E-state index in [1.807, 2.05) is 7.05 Å². The van der Waals surface area contributed by atoms with Gasteiger partial charge in [0.05, 0.1) is 5.69 Å². The molecule has 0 spiro atoms. The molecule has 2 N–H and O–H groups in total. The average molecular weight is 227 g/mol. The smallest absolute Gasteiger partial charge is 0.0974 e. The van der Waals surface area contributed by atoms with Crippen LogP contribution in [0.2, 0.25) is 0 Å². The van der Waals surface area contributed by atoms with Crippen LogP contribution in [0.4, 0.5) is 0 Å². The first kappa shape index (κ1) is 10.5. The first-order valence-corrected chi connectivity index (χ1v) is 6.11. The van der Waals surface area contributed by atoms with Crippen LogP contribution in [0.15, 0.2) is 24.3 Å². The topological polar surface area (TPSA) is 40.7 Å². The fraction of sp³-hybridized carbons (Fsp3) is 0.357. The van der Waals surface area contributed by atoms with Crippen molar-refractivity contribution >= 4 is 0 Å². The number of benzene rings is 1. The van der Waals surface area contributed by atoms with Gasteiger partial charge in [0.15, 0.2) is 0 Å². The fourth-order valence-corrected chi connectivity index (χ4v) is 2.72. The van der Waals surface area contributed by atoms with Gasteiger partial charge in [-0.05, 0) is 32.4 Å². The van der Waals surface area contributed by atoms with Crippen molar-refractivity contribution in [2.45, 2.75) is 25.8 Å². The summed E-state index contributed by atoms with van der Waals surface area (Å²) < 4.78 is 0. The third-order valence-electron chi connectivity index (χ3n) is 3.66. The Morgan fingerprint density at radius 1 is 1.35 bits per heavy atom. The second-order valence-corrected chi connectivity index (χ2v) is 4.66. The molecule has 1 aromatic carbocycles. The molecule has 2 aromatic rings. The summed E-state index contributed by atoms with van der Waals surface area (Å²) in [6.07, 6.45) is 2.26. The number of aromatic nitrogens is 2. The second kappa shape index (κ2) is 4.00. The Labute approximate surface area is 101 Å². The number of aryl methyl sites for hydroxylation is 2. The number of nitrogens with one attached hydrogen (secondary N) is 2. The van der Waals surface area contributed by atoms with Crippen LogP contribution in [0.5, 0.6) is 0 Å². The van der Waals surface area contributed by atoms with Crippen molar-refractivity contribution < 1.29 is 0 Å². The summed E-state index contributed by atoms with van der Waals surface area (Å²) in [6.45, 7) is 2.14. The largest absolute Gasteiger partial charge is 0.313 e. The van der Waals surface area contributed by atoms with Gasteiger partial charge in [0.1, 0.15) is 0 Å². The van der Waals surface area contributed by atoms with Gasteiger partial charge in [0.2, 0.25) is 0 Å². The van der Waals surface area contributed by atoms with Crippen molar-refractivity contribution in [1.82, 2.24) is 15.5 Å². The molecule has 0 bridgehead atoms. The van der Waals surface area contributed by atoms with Gasteiger partial charge in [-0.1, -0.05) is 24.3 Å². The van der Waals surface area contributed by atoms with E-state index in [2.05, 4.69) is 46.7 Å². The number of hydrogen-bond acceptors (Lipinski definition) is 2. The maximum absolute atomic E-state index is 4.50. The highest BCUT2D eigenvalue weighted by Crippen LogP contribution is 2.37. The van der Waals surface area contributed by atoms with Crippen LogP contribution >= 0.6 is 0 Å². The van der Waals surface area contributed by atoms with Crippen LogP contribution in [0.25, 0.3) is 11.3 Å². The zero-order valence-corrected chi connectivity index (χ0v) is 10.2. The molecule has 1 heterocycles. The van der Waals surface area contributed by atoms with Gasteiger partial charge < -0.3 is 5.32 Å². The predicted molar refractivity (Wildman–Crippen MR) is 68.9 cm³/mol. The van der Waals surface area contributed by atoms with Gasteiger partial charge in [-0.2, -0.15) is 5.10 Å². The zero-order chi connectivity index (χ0) is 11.8. The Morgan fingerprint density at radius 2 is 2.18 bits per heavy atom. The molecule has 0 radical (unpaired) electrons. The number of rotatable bonds is 2. The number of aromatic amines is 1. The fourth-order valence-electron chi connectivity index (χ4n) is 2.72. The minimum atomic E-state index is 0.443. The van der Waals surface area contributed by atoms with Crippen molar-refractivity contribution in [3.05, 3.63) is 41.1 Å². The monoisotopic (exact) mass is 227 g/mol. The van der Waals surface area contributed by atoms with Crippen molar-refractivity contribution in [3.8, 4) is 11.3 Å². The van der Waals surface area contributed by atoms with E-state index < -0.39 is 0 Å². The number of H-pyrrole nitrogens is 1. The van der Waals surface area contributed by atoms with Gasteiger partial charge in [0.25, 0.3) is 0 Å². The van der Waals surface area contributed by atoms with Crippen LogP contribution in [0.3, 0.4) is 0 Å². The minimum Gasteiger partial charge on any atom is -0.313 e. The lowest BCUT2D eigenvalue weighted by molar-refractivity contribution is 0.588. The molecular formula is C14H17N3. The highest BCUT2D eigenvalue weighted by atomic mass is 15.1. The van der Waals surface area contributed by atoms with Crippen LogP contribution in [-0.4, -0.2) is 17.2 Å². The van der Waals surface area contributed by atoms with Crippen LogP contribution in [-0.2, 0) is 6.42 Å². The molecule has 0 saturated heterocycles. The first-order chi connectivity index (χ1) is 8.31. The van der Waals surface area contributed by atoms with E-state index in [9.17, 15) is 0 Å². The quantitative estimate of drug-likeness (QED) is 0.828. The molecule has 1 atom stereocenters. The van der Waals surface area contributed by atoms with Crippen molar-refractivity contribution in [2.24, 2.45) is 0 Å². The van der Waals surface area contributed by atoms with E-state index >= 15 is 0 Å². The Balaban J connectivity index is 2.15. The highest BCUT2D eigenvalue weighted by Gasteiger charge is 2.28. The standard InChI is InChI=1S/C14H17N3/c1-9-5-3-4-6-10(9)14-13-11(15-2)7-8-12(13)16-17-14/h3-6,11,15H,7-8H2,1-2H3,(H,16,17). The summed E-state index contributed by atoms with van der Waals surface area (Å²) in [4.78, 5) is 0. The summed E-state index contributed by atoms with van der Waals surface area (Å²) >= 11 is 0. The van der Waals surface area contributed by atoms with Crippen LogP contribution < -0.4 is 5.32 Å². The summed E-state index contributed by atoms with van der Waals surface area (Å²) in [6, 6.07) is 8.88. The Kier molecular flexibility index (Phi) is 2.48. The average Bonchev–Trinajstić information content (AvgIpc) is 2.91. The van der Waals surface area contributed by atoms with Gasteiger partial charge in [-0.3, -0.25) is 5.10 Å². The van der Waals surface area contributed by atoms with E-state index in [-0.39, 0.29) is 0 Å². The molecule has 17 heavy (non-hydrogen) atoms. The van der Waals surface area contributed by atoms with Gasteiger partial charge in [0, 0.05) is 22.9 Å². The lowest BCUT2D eigenvalue weighted by atomic mass is 10.00. The third kappa shape index (κ3) is 1.58. The van der Waals surface area contributed by atoms with Gasteiger partial charge in [-0.25, -0.2) is 0 Å². The Bertz CT molecular complexity index is 542. The summed E-state index contributed by atoms with van der Waals surface area (Å²) in [5.74, 6) is 0. The van der Waals surface area contributed by atoms with Crippen molar-refractivity contribution in [3.63, 3.8) is 0 Å². The van der Waals surface area contributed by atoms with E-state index in [0.717, 1.165) is 12.1 Å². The maximum Gasteiger partial charge on any atom is 0.0974 e. The molecule has 0 fully saturated rings. The molecular weight excluding hydrogens is 210 g/mol. The Hall–Kier alpha value is -1.61. The minimum absolute atomic E-state index is 0.443. The molecule has 1 unspecified atom stereocenters. The SMILES string of the molecule is CNC1CCc2[nH]nc(-c3ccccc3C)c21. The second-order valence-electron chi connectivity index (χ2n) is 4.66. The lowest BCUT2D eigenvalue weighted by Crippen LogP contribution is -2.13. The summed E-state index contributed by atoms with van der Waals surface area (Å²) in [5, 5.41) is 11.1. The number of fused-ring (bicyclic) bond motifs is 1. The third-order valence-corrected chi connectivity index (χ3v) is 3.66. The molecule has 88 valence electrons. The molecule has 1 aromatic heterocycles. The molecule has 1 aliphatic carbocycles. The van der Waals surface area contributed by atoms with Crippen molar-refractivity contribution in [2.75, 3.05) is 7.05 Å². The van der Waals surface area contributed by atoms with E-state index in [1.165, 1.54) is 28.8 Å². The molecule has 0 saturated carbocycles.